The third kappa shape index (κ3) is 2.47. The summed E-state index contributed by atoms with van der Waals surface area (Å²) in [6.07, 6.45) is 0. The number of piperazine rings is 1. The van der Waals surface area contributed by atoms with Gasteiger partial charge in [-0.05, 0) is 26.1 Å². The number of methoxy groups -OCH3 is 1. The molecule has 94 valence electrons. The third-order valence-corrected chi connectivity index (χ3v) is 3.38. The van der Waals surface area contributed by atoms with E-state index in [1.165, 1.54) is 5.69 Å². The summed E-state index contributed by atoms with van der Waals surface area (Å²) in [7, 11) is 3.82. The summed E-state index contributed by atoms with van der Waals surface area (Å²) >= 11 is 0. The highest BCUT2D eigenvalue weighted by Crippen LogP contribution is 2.29. The number of ether oxygens (including phenoxy) is 1. The molecule has 4 nitrogen and oxygen atoms in total. The number of hydrogen-bond acceptors (Lipinski definition) is 4. The van der Waals surface area contributed by atoms with E-state index >= 15 is 0 Å². The quantitative estimate of drug-likeness (QED) is 0.787. The summed E-state index contributed by atoms with van der Waals surface area (Å²) in [5.41, 5.74) is 7.72. The number of anilines is 2. The topological polar surface area (TPSA) is 41.7 Å². The normalized spacial score (nSPS) is 21.6. The lowest BCUT2D eigenvalue weighted by Gasteiger charge is -2.40. The molecule has 0 amide bonds. The molecule has 0 radical (unpaired) electrons. The monoisotopic (exact) mass is 235 g/mol. The average Bonchev–Trinajstić information content (AvgIpc) is 2.30. The van der Waals surface area contributed by atoms with Gasteiger partial charge in [0.15, 0.2) is 0 Å². The van der Waals surface area contributed by atoms with Crippen molar-refractivity contribution in [3.8, 4) is 5.75 Å². The standard InChI is InChI=1S/C13H21N3O/c1-10-9-15(2)6-7-16(10)11-4-5-12(14)13(8-11)17-3/h4-5,8,10H,6-7,9,14H2,1-3H3. The van der Waals surface area contributed by atoms with Crippen LogP contribution in [0.15, 0.2) is 18.2 Å². The zero-order chi connectivity index (χ0) is 12.4. The molecule has 2 rings (SSSR count). The van der Waals surface area contributed by atoms with Crippen molar-refractivity contribution in [3.05, 3.63) is 18.2 Å². The van der Waals surface area contributed by atoms with E-state index in [1.807, 2.05) is 12.1 Å². The van der Waals surface area contributed by atoms with Crippen LogP contribution in [0, 0.1) is 0 Å². The fourth-order valence-corrected chi connectivity index (χ4v) is 2.40. The molecule has 1 fully saturated rings. The first-order valence-electron chi connectivity index (χ1n) is 6.00. The molecule has 4 heteroatoms. The summed E-state index contributed by atoms with van der Waals surface area (Å²) in [5.74, 6) is 0.758. The molecular weight excluding hydrogens is 214 g/mol. The number of rotatable bonds is 2. The summed E-state index contributed by atoms with van der Waals surface area (Å²) in [4.78, 5) is 4.76. The lowest BCUT2D eigenvalue weighted by atomic mass is 10.1. The van der Waals surface area contributed by atoms with Gasteiger partial charge in [0.25, 0.3) is 0 Å². The van der Waals surface area contributed by atoms with E-state index in [0.29, 0.717) is 11.7 Å². The molecule has 1 aromatic carbocycles. The Morgan fingerprint density at radius 1 is 1.35 bits per heavy atom. The van der Waals surface area contributed by atoms with Crippen LogP contribution in [0.3, 0.4) is 0 Å². The predicted molar refractivity (Wildman–Crippen MR) is 71.7 cm³/mol. The zero-order valence-electron chi connectivity index (χ0n) is 10.8. The van der Waals surface area contributed by atoms with Crippen LogP contribution in [-0.2, 0) is 0 Å². The summed E-state index contributed by atoms with van der Waals surface area (Å²) < 4.78 is 5.27. The summed E-state index contributed by atoms with van der Waals surface area (Å²) in [5, 5.41) is 0. The number of nitrogens with zero attached hydrogens (tertiary/aromatic N) is 2. The Kier molecular flexibility index (Phi) is 3.43. The van der Waals surface area contributed by atoms with E-state index in [2.05, 4.69) is 29.8 Å². The molecule has 0 saturated carbocycles. The van der Waals surface area contributed by atoms with Gasteiger partial charge in [0.2, 0.25) is 0 Å². The number of benzene rings is 1. The van der Waals surface area contributed by atoms with E-state index < -0.39 is 0 Å². The van der Waals surface area contributed by atoms with E-state index in [9.17, 15) is 0 Å². The van der Waals surface area contributed by atoms with Gasteiger partial charge in [0.1, 0.15) is 5.75 Å². The molecule has 0 aromatic heterocycles. The predicted octanol–water partition coefficient (Wildman–Crippen LogP) is 1.42. The summed E-state index contributed by atoms with van der Waals surface area (Å²) in [6.45, 7) is 5.48. The fourth-order valence-electron chi connectivity index (χ4n) is 2.40. The number of nitrogens with two attached hydrogens (primary N) is 1. The van der Waals surface area contributed by atoms with Gasteiger partial charge >= 0.3 is 0 Å². The highest BCUT2D eigenvalue weighted by atomic mass is 16.5. The van der Waals surface area contributed by atoms with Crippen LogP contribution in [0.4, 0.5) is 11.4 Å². The van der Waals surface area contributed by atoms with E-state index in [4.69, 9.17) is 10.5 Å². The van der Waals surface area contributed by atoms with Crippen molar-refractivity contribution in [1.82, 2.24) is 4.90 Å². The molecule has 1 heterocycles. The Bertz CT molecular complexity index is 394. The molecule has 1 atom stereocenters. The molecule has 1 aliphatic heterocycles. The first-order chi connectivity index (χ1) is 8.11. The van der Waals surface area contributed by atoms with E-state index in [1.54, 1.807) is 7.11 Å². The summed E-state index contributed by atoms with van der Waals surface area (Å²) in [6, 6.07) is 6.53. The second kappa shape index (κ2) is 4.84. The molecule has 2 N–H and O–H groups in total. The minimum Gasteiger partial charge on any atom is -0.495 e. The second-order valence-corrected chi connectivity index (χ2v) is 4.73. The Labute approximate surface area is 103 Å². The van der Waals surface area contributed by atoms with Crippen LogP contribution in [0.25, 0.3) is 0 Å². The van der Waals surface area contributed by atoms with Gasteiger partial charge in [0, 0.05) is 37.4 Å². The zero-order valence-corrected chi connectivity index (χ0v) is 10.8. The number of nitrogen functional groups attached to an aromatic ring is 1. The van der Waals surface area contributed by atoms with Crippen LogP contribution < -0.4 is 15.4 Å². The minimum atomic E-state index is 0.516. The van der Waals surface area contributed by atoms with Crippen LogP contribution >= 0.6 is 0 Å². The van der Waals surface area contributed by atoms with Crippen LogP contribution in [0.1, 0.15) is 6.92 Å². The van der Waals surface area contributed by atoms with Gasteiger partial charge in [-0.25, -0.2) is 0 Å². The lowest BCUT2D eigenvalue weighted by Crippen LogP contribution is -2.50. The van der Waals surface area contributed by atoms with Crippen molar-refractivity contribution in [1.29, 1.82) is 0 Å². The second-order valence-electron chi connectivity index (χ2n) is 4.73. The fraction of sp³-hybridized carbons (Fsp3) is 0.538. The van der Waals surface area contributed by atoms with Gasteiger partial charge in [-0.1, -0.05) is 0 Å². The van der Waals surface area contributed by atoms with Gasteiger partial charge in [-0.15, -0.1) is 0 Å². The molecule has 1 saturated heterocycles. The smallest absolute Gasteiger partial charge is 0.143 e. The van der Waals surface area contributed by atoms with Gasteiger partial charge in [-0.2, -0.15) is 0 Å². The van der Waals surface area contributed by atoms with Crippen molar-refractivity contribution < 1.29 is 4.74 Å². The van der Waals surface area contributed by atoms with Crippen molar-refractivity contribution in [2.24, 2.45) is 0 Å². The van der Waals surface area contributed by atoms with E-state index in [-0.39, 0.29) is 0 Å². The molecule has 1 aromatic rings. The first kappa shape index (κ1) is 12.0. The van der Waals surface area contributed by atoms with Crippen LogP contribution in [-0.4, -0.2) is 44.7 Å². The highest BCUT2D eigenvalue weighted by molar-refractivity contribution is 5.62. The minimum absolute atomic E-state index is 0.516. The molecule has 0 bridgehead atoms. The maximum absolute atomic E-state index is 5.83. The molecule has 1 unspecified atom stereocenters. The van der Waals surface area contributed by atoms with Gasteiger partial charge < -0.3 is 20.3 Å². The Morgan fingerprint density at radius 2 is 2.12 bits per heavy atom. The molecule has 17 heavy (non-hydrogen) atoms. The van der Waals surface area contributed by atoms with Gasteiger partial charge in [-0.3, -0.25) is 0 Å². The maximum Gasteiger partial charge on any atom is 0.143 e. The lowest BCUT2D eigenvalue weighted by molar-refractivity contribution is 0.275. The Balaban J connectivity index is 2.22. The third-order valence-electron chi connectivity index (χ3n) is 3.38. The van der Waals surface area contributed by atoms with Crippen molar-refractivity contribution in [2.45, 2.75) is 13.0 Å². The Hall–Kier alpha value is -1.42. The molecule has 0 aliphatic carbocycles. The van der Waals surface area contributed by atoms with Crippen LogP contribution in [0.5, 0.6) is 5.75 Å². The molecular formula is C13H21N3O. The molecule has 1 aliphatic rings. The highest BCUT2D eigenvalue weighted by Gasteiger charge is 2.22. The van der Waals surface area contributed by atoms with Crippen molar-refractivity contribution >= 4 is 11.4 Å². The first-order valence-corrected chi connectivity index (χ1v) is 6.00. The van der Waals surface area contributed by atoms with Crippen molar-refractivity contribution in [3.63, 3.8) is 0 Å². The largest absolute Gasteiger partial charge is 0.495 e. The number of likely N-dealkylation sites (N-methyl/N-ethyl adjacent to an activating group) is 1. The Morgan fingerprint density at radius 3 is 2.76 bits per heavy atom. The van der Waals surface area contributed by atoms with Crippen LogP contribution in [0.2, 0.25) is 0 Å². The number of hydrogen-bond donors (Lipinski definition) is 1. The average molecular weight is 235 g/mol. The van der Waals surface area contributed by atoms with E-state index in [0.717, 1.165) is 25.4 Å². The van der Waals surface area contributed by atoms with Gasteiger partial charge in [0.05, 0.1) is 12.8 Å². The van der Waals surface area contributed by atoms with Crippen molar-refractivity contribution in [2.75, 3.05) is 44.4 Å². The molecule has 0 spiro atoms. The SMILES string of the molecule is COc1cc(N2CCN(C)CC2C)ccc1N. The maximum atomic E-state index is 5.83.